The Morgan fingerprint density at radius 3 is 1.60 bits per heavy atom. The molecule has 0 aliphatic heterocycles. The predicted molar refractivity (Wildman–Crippen MR) is 332 cm³/mol. The number of anilines is 5. The van der Waals surface area contributed by atoms with Crippen molar-refractivity contribution < 1.29 is 8.83 Å². The van der Waals surface area contributed by atoms with E-state index >= 15 is 0 Å². The fraction of sp³-hybridized carbons (Fsp3) is 0.135. The molecular weight excluding hydrogens is 949 g/mol. The summed E-state index contributed by atoms with van der Waals surface area (Å²) in [5, 5.41) is 15.5. The van der Waals surface area contributed by atoms with Gasteiger partial charge < -0.3 is 19.1 Å². The number of nitrogens with one attached hydrogen (secondary N) is 1. The van der Waals surface area contributed by atoms with Gasteiger partial charge in [-0.15, -0.1) is 0 Å². The predicted octanol–water partition coefficient (Wildman–Crippen LogP) is 22.0. The van der Waals surface area contributed by atoms with Crippen molar-refractivity contribution in [3.63, 3.8) is 0 Å². The van der Waals surface area contributed by atoms with Gasteiger partial charge in [-0.05, 0) is 139 Å². The summed E-state index contributed by atoms with van der Waals surface area (Å²) >= 11 is 0. The second-order valence-electron chi connectivity index (χ2n) is 21.7. The number of furan rings is 2. The number of fused-ring (bicyclic) bond motifs is 6. The van der Waals surface area contributed by atoms with Gasteiger partial charge in [0.05, 0.1) is 17.1 Å². The first-order valence-electron chi connectivity index (χ1n) is 27.8. The molecule has 14 aromatic rings. The summed E-state index contributed by atoms with van der Waals surface area (Å²) in [7, 11) is 0. The molecule has 0 spiro atoms. The van der Waals surface area contributed by atoms with Gasteiger partial charge in [0.25, 0.3) is 0 Å². The molecule has 378 valence electrons. The van der Waals surface area contributed by atoms with Gasteiger partial charge in [0.1, 0.15) is 11.2 Å². The molecule has 0 aliphatic rings. The molecule has 12 aromatic carbocycles. The third-order valence-corrected chi connectivity index (χ3v) is 16.5. The van der Waals surface area contributed by atoms with Crippen LogP contribution in [0.2, 0.25) is 0 Å². The summed E-state index contributed by atoms with van der Waals surface area (Å²) in [6.07, 6.45) is 1.86. The van der Waals surface area contributed by atoms with Crippen LogP contribution in [0.3, 0.4) is 0 Å². The Hall–Kier alpha value is -9.12. The van der Waals surface area contributed by atoms with Crippen LogP contribution in [0.15, 0.2) is 221 Å². The van der Waals surface area contributed by atoms with Crippen LogP contribution in [0.25, 0.3) is 110 Å². The van der Waals surface area contributed by atoms with Crippen LogP contribution in [-0.2, 0) is 12.8 Å². The molecule has 2 aromatic heterocycles. The van der Waals surface area contributed by atoms with Crippen LogP contribution in [-0.4, -0.2) is 0 Å². The van der Waals surface area contributed by atoms with E-state index in [-0.39, 0.29) is 0 Å². The molecule has 78 heavy (non-hydrogen) atoms. The lowest BCUT2D eigenvalue weighted by molar-refractivity contribution is 0.670. The lowest BCUT2D eigenvalue weighted by Crippen LogP contribution is -2.11. The van der Waals surface area contributed by atoms with Gasteiger partial charge in [0.2, 0.25) is 0 Å². The van der Waals surface area contributed by atoms with Crippen molar-refractivity contribution in [1.82, 2.24) is 0 Å². The minimum Gasteiger partial charge on any atom is -0.453 e. The Kier molecular flexibility index (Phi) is 11.4. The highest BCUT2D eigenvalue weighted by atomic mass is 16.3. The van der Waals surface area contributed by atoms with Crippen molar-refractivity contribution in [2.75, 3.05) is 10.2 Å². The zero-order valence-electron chi connectivity index (χ0n) is 45.0. The second kappa shape index (κ2) is 18.9. The molecule has 0 fully saturated rings. The highest BCUT2D eigenvalue weighted by molar-refractivity contribution is 6.30. The van der Waals surface area contributed by atoms with Gasteiger partial charge in [0, 0.05) is 55.0 Å². The second-order valence-corrected chi connectivity index (χ2v) is 21.7. The molecule has 2 heterocycles. The third kappa shape index (κ3) is 7.57. The number of para-hydroxylation sites is 3. The molecule has 0 amide bonds. The summed E-state index contributed by atoms with van der Waals surface area (Å²) in [4.78, 5) is 2.44. The van der Waals surface area contributed by atoms with Crippen molar-refractivity contribution >= 4 is 105 Å². The fourth-order valence-electron chi connectivity index (χ4n) is 12.7. The van der Waals surface area contributed by atoms with E-state index in [0.717, 1.165) is 107 Å². The van der Waals surface area contributed by atoms with E-state index in [2.05, 4.69) is 264 Å². The molecule has 4 nitrogen and oxygen atoms in total. The standard InChI is InChI=1S/C74H60N2O2/c1-7-46-19-13-22-50(41-46)75-70-57(38-39-63-61-32-17-30-59(72(61)78-74(63)70)55-27-12-10-25-53(55)45(5)6)65-43-49-36-40-66(64-37-35-48-21-15-28-56(65)68(48)69(49)64)76(51-23-14-20-47(8-2)42-51)67-34-18-33-62-60-31-16-29-58(71(60)77-73(62)67)54-26-11-9-24-52(54)44(3)4/h9-45,75H,7-8H2,1-6H3. The molecule has 0 atom stereocenters. The van der Waals surface area contributed by atoms with Gasteiger partial charge in [-0.25, -0.2) is 0 Å². The van der Waals surface area contributed by atoms with Crippen LogP contribution in [0, 0.1) is 0 Å². The van der Waals surface area contributed by atoms with E-state index in [1.54, 1.807) is 0 Å². The smallest absolute Gasteiger partial charge is 0.159 e. The van der Waals surface area contributed by atoms with Crippen LogP contribution < -0.4 is 10.2 Å². The first kappa shape index (κ1) is 47.3. The van der Waals surface area contributed by atoms with Gasteiger partial charge >= 0.3 is 0 Å². The highest BCUT2D eigenvalue weighted by Gasteiger charge is 2.27. The minimum atomic E-state index is 0.355. The normalized spacial score (nSPS) is 12.1. The van der Waals surface area contributed by atoms with E-state index in [1.165, 1.54) is 65.7 Å². The van der Waals surface area contributed by atoms with E-state index in [9.17, 15) is 0 Å². The Morgan fingerprint density at radius 1 is 0.372 bits per heavy atom. The fourth-order valence-corrected chi connectivity index (χ4v) is 12.7. The number of nitrogens with zero attached hydrogens (tertiary/aromatic N) is 1. The van der Waals surface area contributed by atoms with Crippen molar-refractivity contribution in [3.8, 4) is 33.4 Å². The molecule has 0 saturated heterocycles. The van der Waals surface area contributed by atoms with Crippen LogP contribution in [0.4, 0.5) is 28.4 Å². The zero-order valence-corrected chi connectivity index (χ0v) is 45.0. The summed E-state index contributed by atoms with van der Waals surface area (Å²) < 4.78 is 14.6. The molecule has 0 unspecified atom stereocenters. The van der Waals surface area contributed by atoms with Gasteiger partial charge in [-0.3, -0.25) is 0 Å². The summed E-state index contributed by atoms with van der Waals surface area (Å²) in [6.45, 7) is 13.5. The number of hydrogen-bond acceptors (Lipinski definition) is 4. The molecule has 0 bridgehead atoms. The molecule has 0 saturated carbocycles. The number of hydrogen-bond donors (Lipinski definition) is 1. The maximum atomic E-state index is 7.30. The van der Waals surface area contributed by atoms with Crippen molar-refractivity contribution in [2.24, 2.45) is 0 Å². The van der Waals surface area contributed by atoms with Crippen molar-refractivity contribution in [1.29, 1.82) is 0 Å². The molecule has 14 rings (SSSR count). The number of aryl methyl sites for hydroxylation is 2. The Morgan fingerprint density at radius 2 is 0.910 bits per heavy atom. The largest absolute Gasteiger partial charge is 0.453 e. The van der Waals surface area contributed by atoms with Crippen LogP contribution >= 0.6 is 0 Å². The lowest BCUT2D eigenvalue weighted by Gasteiger charge is -2.28. The van der Waals surface area contributed by atoms with E-state index < -0.39 is 0 Å². The minimum absolute atomic E-state index is 0.355. The average Bonchev–Trinajstić information content (AvgIpc) is 4.23. The van der Waals surface area contributed by atoms with E-state index in [1.807, 2.05) is 0 Å². The molecule has 1 N–H and O–H groups in total. The summed E-state index contributed by atoms with van der Waals surface area (Å²) in [5.41, 5.74) is 20.7. The van der Waals surface area contributed by atoms with Gasteiger partial charge in [0.15, 0.2) is 11.2 Å². The highest BCUT2D eigenvalue weighted by Crippen LogP contribution is 2.52. The van der Waals surface area contributed by atoms with Gasteiger partial charge in [-0.1, -0.05) is 205 Å². The number of benzene rings is 12. The van der Waals surface area contributed by atoms with Crippen LogP contribution in [0.5, 0.6) is 0 Å². The van der Waals surface area contributed by atoms with Crippen molar-refractivity contribution in [3.05, 3.63) is 235 Å². The maximum absolute atomic E-state index is 7.30. The molecule has 4 heteroatoms. The average molecular weight is 1010 g/mol. The Bertz CT molecular complexity index is 4650. The van der Waals surface area contributed by atoms with E-state index in [4.69, 9.17) is 8.83 Å². The third-order valence-electron chi connectivity index (χ3n) is 16.5. The van der Waals surface area contributed by atoms with Crippen LogP contribution in [0.1, 0.15) is 75.6 Å². The first-order chi connectivity index (χ1) is 38.3. The molecule has 0 aliphatic carbocycles. The topological polar surface area (TPSA) is 41.5 Å². The molecule has 0 radical (unpaired) electrons. The Labute approximate surface area is 455 Å². The zero-order chi connectivity index (χ0) is 52.8. The quantitative estimate of drug-likeness (QED) is 0.124. The van der Waals surface area contributed by atoms with Crippen molar-refractivity contribution in [2.45, 2.75) is 66.2 Å². The van der Waals surface area contributed by atoms with Gasteiger partial charge in [-0.2, -0.15) is 0 Å². The SMILES string of the molecule is CCc1cccc(Nc2c(-c3cc4ccc(N(c5cccc(CC)c5)c5cccc6c5oc5c(-c7ccccc7C(C)C)cccc56)c5ccc6cccc3c6c45)ccc3c2oc2c(-c4ccccc4C(C)C)cccc23)c1. The first-order valence-corrected chi connectivity index (χ1v) is 27.8. The van der Waals surface area contributed by atoms with E-state index in [0.29, 0.717) is 11.8 Å². The summed E-state index contributed by atoms with van der Waals surface area (Å²) in [6, 6.07) is 78.2. The monoisotopic (exact) mass is 1010 g/mol. The summed E-state index contributed by atoms with van der Waals surface area (Å²) in [5.74, 6) is 0.714. The molecular formula is C74H60N2O2. The lowest BCUT2D eigenvalue weighted by atomic mass is 9.87. The maximum Gasteiger partial charge on any atom is 0.159 e. The number of rotatable bonds is 12. The Balaban J connectivity index is 1.00.